The van der Waals surface area contributed by atoms with Gasteiger partial charge in [-0.2, -0.15) is 0 Å². The van der Waals surface area contributed by atoms with Gasteiger partial charge in [0.05, 0.1) is 0 Å². The first-order valence-corrected chi connectivity index (χ1v) is 11.7. The van der Waals surface area contributed by atoms with Crippen LogP contribution < -0.4 is 0 Å². The molecule has 4 aromatic carbocycles. The minimum atomic E-state index is -0.137. The van der Waals surface area contributed by atoms with Crippen LogP contribution in [0.5, 0.6) is 0 Å². The number of rotatable bonds is 9. The molecule has 4 aromatic rings. The highest BCUT2D eigenvalue weighted by atomic mass is 19.1. The fourth-order valence-electron chi connectivity index (χ4n) is 4.41. The Hall–Kier alpha value is -3.19. The molecule has 0 bridgehead atoms. The van der Waals surface area contributed by atoms with Gasteiger partial charge in [-0.3, -0.25) is 0 Å². The lowest BCUT2D eigenvalue weighted by molar-refractivity contribution is 0.643. The average molecular weight is 423 g/mol. The molecular weight excluding hydrogens is 391 g/mol. The molecule has 0 radical (unpaired) electrons. The summed E-state index contributed by atoms with van der Waals surface area (Å²) < 4.78 is 15.4. The van der Waals surface area contributed by atoms with Crippen LogP contribution >= 0.6 is 0 Å². The SMILES string of the molecule is C=CCCc1ccccc1-c1ccc(-c2ccc3cc(CCCCC)ccc3c2F)cc1. The van der Waals surface area contributed by atoms with Gasteiger partial charge in [0.15, 0.2) is 0 Å². The third kappa shape index (κ3) is 4.83. The van der Waals surface area contributed by atoms with Gasteiger partial charge in [-0.15, -0.1) is 6.58 Å². The Kier molecular flexibility index (Phi) is 7.17. The number of allylic oxidation sites excluding steroid dienone is 1. The van der Waals surface area contributed by atoms with Crippen molar-refractivity contribution in [3.63, 3.8) is 0 Å². The summed E-state index contributed by atoms with van der Waals surface area (Å²) in [6.07, 6.45) is 8.58. The van der Waals surface area contributed by atoms with Gasteiger partial charge in [-0.25, -0.2) is 4.39 Å². The molecule has 4 rings (SSSR count). The van der Waals surface area contributed by atoms with E-state index in [2.05, 4.69) is 68.1 Å². The van der Waals surface area contributed by atoms with Crippen LogP contribution in [0.25, 0.3) is 33.0 Å². The molecule has 0 N–H and O–H groups in total. The lowest BCUT2D eigenvalue weighted by Gasteiger charge is -2.12. The van der Waals surface area contributed by atoms with Crippen LogP contribution in [0.4, 0.5) is 4.39 Å². The van der Waals surface area contributed by atoms with Gasteiger partial charge in [-0.05, 0) is 58.9 Å². The van der Waals surface area contributed by atoms with Crippen molar-refractivity contribution in [3.8, 4) is 22.3 Å². The number of hydrogen-bond donors (Lipinski definition) is 0. The van der Waals surface area contributed by atoms with Crippen molar-refractivity contribution in [3.05, 3.63) is 108 Å². The first-order valence-electron chi connectivity index (χ1n) is 11.7. The topological polar surface area (TPSA) is 0 Å². The quantitative estimate of drug-likeness (QED) is 0.186. The maximum Gasteiger partial charge on any atom is 0.138 e. The molecule has 32 heavy (non-hydrogen) atoms. The maximum absolute atomic E-state index is 15.4. The fourth-order valence-corrected chi connectivity index (χ4v) is 4.41. The summed E-state index contributed by atoms with van der Waals surface area (Å²) in [4.78, 5) is 0. The Labute approximate surface area is 191 Å². The Bertz CT molecular complexity index is 1200. The second kappa shape index (κ2) is 10.4. The molecule has 162 valence electrons. The summed E-state index contributed by atoms with van der Waals surface area (Å²) in [5, 5.41) is 1.67. The summed E-state index contributed by atoms with van der Waals surface area (Å²) >= 11 is 0. The fraction of sp³-hybridized carbons (Fsp3) is 0.226. The molecule has 0 heterocycles. The maximum atomic E-state index is 15.4. The van der Waals surface area contributed by atoms with Crippen molar-refractivity contribution in [1.29, 1.82) is 0 Å². The van der Waals surface area contributed by atoms with Crippen LogP contribution in [-0.2, 0) is 12.8 Å². The first-order chi connectivity index (χ1) is 15.7. The normalized spacial score (nSPS) is 11.1. The molecule has 0 aliphatic heterocycles. The summed E-state index contributed by atoms with van der Waals surface area (Å²) in [6, 6.07) is 26.9. The van der Waals surface area contributed by atoms with E-state index in [4.69, 9.17) is 0 Å². The van der Waals surface area contributed by atoms with Crippen molar-refractivity contribution >= 4 is 10.8 Å². The zero-order valence-corrected chi connectivity index (χ0v) is 18.9. The second-order valence-electron chi connectivity index (χ2n) is 8.50. The largest absolute Gasteiger partial charge is 0.206 e. The van der Waals surface area contributed by atoms with E-state index in [1.54, 1.807) is 0 Å². The molecule has 0 nitrogen and oxygen atoms in total. The van der Waals surface area contributed by atoms with Crippen molar-refractivity contribution in [2.75, 3.05) is 0 Å². The molecule has 0 aliphatic carbocycles. The monoisotopic (exact) mass is 422 g/mol. The molecule has 0 amide bonds. The third-order valence-corrected chi connectivity index (χ3v) is 6.23. The highest BCUT2D eigenvalue weighted by Crippen LogP contribution is 2.32. The lowest BCUT2D eigenvalue weighted by Crippen LogP contribution is -1.91. The molecule has 0 fully saturated rings. The number of aryl methyl sites for hydroxylation is 2. The summed E-state index contributed by atoms with van der Waals surface area (Å²) in [5.41, 5.74) is 6.55. The van der Waals surface area contributed by atoms with E-state index >= 15 is 4.39 Å². The van der Waals surface area contributed by atoms with Crippen LogP contribution in [0, 0.1) is 5.82 Å². The van der Waals surface area contributed by atoms with E-state index in [1.807, 2.05) is 30.3 Å². The van der Waals surface area contributed by atoms with Crippen molar-refractivity contribution in [2.45, 2.75) is 45.4 Å². The van der Waals surface area contributed by atoms with Crippen molar-refractivity contribution in [2.24, 2.45) is 0 Å². The predicted molar refractivity (Wildman–Crippen MR) is 137 cm³/mol. The molecule has 0 saturated heterocycles. The van der Waals surface area contributed by atoms with E-state index in [0.29, 0.717) is 10.9 Å². The summed E-state index contributed by atoms with van der Waals surface area (Å²) in [6.45, 7) is 6.05. The highest BCUT2D eigenvalue weighted by molar-refractivity contribution is 5.89. The summed E-state index contributed by atoms with van der Waals surface area (Å²) in [5.74, 6) is -0.137. The van der Waals surface area contributed by atoms with Crippen LogP contribution in [0.15, 0.2) is 91.5 Å². The second-order valence-corrected chi connectivity index (χ2v) is 8.50. The standard InChI is InChI=1S/C31H31F/c1-3-5-7-10-23-14-20-30-27(22-23)19-21-29(31(30)32)26-17-15-25(16-18-26)28-13-9-8-12-24(28)11-6-4-2/h4,8-9,12-22H,2-3,5-7,10-11H2,1H3. The minimum absolute atomic E-state index is 0.137. The van der Waals surface area contributed by atoms with Crippen LogP contribution in [0.2, 0.25) is 0 Å². The van der Waals surface area contributed by atoms with Gasteiger partial charge in [-0.1, -0.05) is 105 Å². The number of hydrogen-bond acceptors (Lipinski definition) is 0. The predicted octanol–water partition coefficient (Wildman–Crippen LogP) is 9.16. The Morgan fingerprint density at radius 2 is 1.53 bits per heavy atom. The number of benzene rings is 4. The Morgan fingerprint density at radius 3 is 2.28 bits per heavy atom. The van der Waals surface area contributed by atoms with E-state index in [9.17, 15) is 0 Å². The van der Waals surface area contributed by atoms with Gasteiger partial charge in [0, 0.05) is 10.9 Å². The zero-order chi connectivity index (χ0) is 22.3. The number of unbranched alkanes of at least 4 members (excludes halogenated alkanes) is 2. The molecule has 0 aromatic heterocycles. The molecule has 0 unspecified atom stereocenters. The molecule has 0 atom stereocenters. The van der Waals surface area contributed by atoms with Gasteiger partial charge < -0.3 is 0 Å². The summed E-state index contributed by atoms with van der Waals surface area (Å²) in [7, 11) is 0. The van der Waals surface area contributed by atoms with E-state index in [1.165, 1.54) is 36.0 Å². The number of halogens is 1. The molecule has 0 saturated carbocycles. The lowest BCUT2D eigenvalue weighted by atomic mass is 9.94. The van der Waals surface area contributed by atoms with Gasteiger partial charge in [0.2, 0.25) is 0 Å². The van der Waals surface area contributed by atoms with E-state index < -0.39 is 0 Å². The van der Waals surface area contributed by atoms with Crippen LogP contribution in [0.1, 0.15) is 43.7 Å². The van der Waals surface area contributed by atoms with E-state index in [-0.39, 0.29) is 5.82 Å². The first kappa shape index (κ1) is 22.0. The van der Waals surface area contributed by atoms with Crippen molar-refractivity contribution < 1.29 is 4.39 Å². The highest BCUT2D eigenvalue weighted by Gasteiger charge is 2.11. The number of fused-ring (bicyclic) bond motifs is 1. The molecular formula is C31H31F. The minimum Gasteiger partial charge on any atom is -0.206 e. The third-order valence-electron chi connectivity index (χ3n) is 6.23. The van der Waals surface area contributed by atoms with Gasteiger partial charge in [0.1, 0.15) is 5.82 Å². The molecule has 0 aliphatic rings. The molecule has 1 heteroatoms. The Morgan fingerprint density at radius 1 is 0.781 bits per heavy atom. The molecule has 0 spiro atoms. The van der Waals surface area contributed by atoms with E-state index in [0.717, 1.165) is 35.8 Å². The van der Waals surface area contributed by atoms with Crippen LogP contribution in [-0.4, -0.2) is 0 Å². The van der Waals surface area contributed by atoms with Crippen molar-refractivity contribution in [1.82, 2.24) is 0 Å². The van der Waals surface area contributed by atoms with Crippen LogP contribution in [0.3, 0.4) is 0 Å². The smallest absolute Gasteiger partial charge is 0.138 e. The Balaban J connectivity index is 1.61. The van der Waals surface area contributed by atoms with Gasteiger partial charge in [0.25, 0.3) is 0 Å². The van der Waals surface area contributed by atoms with Gasteiger partial charge >= 0.3 is 0 Å². The average Bonchev–Trinajstić information content (AvgIpc) is 2.83. The zero-order valence-electron chi connectivity index (χ0n) is 18.9.